The van der Waals surface area contributed by atoms with Gasteiger partial charge in [0.15, 0.2) is 0 Å². The van der Waals surface area contributed by atoms with E-state index < -0.39 is 0 Å². The molecule has 0 atom stereocenters. The van der Waals surface area contributed by atoms with Crippen LogP contribution in [-0.4, -0.2) is 38.1 Å². The number of rotatable bonds is 6. The van der Waals surface area contributed by atoms with Crippen LogP contribution in [0.25, 0.3) is 0 Å². The average Bonchev–Trinajstić information content (AvgIpc) is 2.34. The number of hydrogen-bond donors (Lipinski definition) is 1. The van der Waals surface area contributed by atoms with E-state index in [1.807, 2.05) is 24.3 Å². The Morgan fingerprint density at radius 2 is 2.00 bits per heavy atom. The number of likely N-dealkylation sites (N-methyl/N-ethyl adjacent to an activating group) is 1. The molecule has 2 N–H and O–H groups in total. The average molecular weight is 236 g/mol. The maximum Gasteiger partial charge on any atom is 0.222 e. The molecule has 4 nitrogen and oxygen atoms in total. The lowest BCUT2D eigenvalue weighted by Crippen LogP contribution is -2.30. The number of anilines is 1. The van der Waals surface area contributed by atoms with Crippen LogP contribution in [0.1, 0.15) is 12.0 Å². The predicted octanol–water partition coefficient (Wildman–Crippen LogP) is 1.31. The van der Waals surface area contributed by atoms with Crippen molar-refractivity contribution < 1.29 is 9.53 Å². The number of nitrogens with zero attached hydrogens (tertiary/aromatic N) is 1. The topological polar surface area (TPSA) is 55.6 Å². The van der Waals surface area contributed by atoms with E-state index in [0.717, 1.165) is 17.7 Å². The van der Waals surface area contributed by atoms with E-state index in [0.29, 0.717) is 19.6 Å². The molecule has 0 saturated carbocycles. The molecule has 0 heterocycles. The van der Waals surface area contributed by atoms with Gasteiger partial charge in [-0.1, -0.05) is 12.1 Å². The first kappa shape index (κ1) is 13.5. The van der Waals surface area contributed by atoms with Crippen LogP contribution in [-0.2, 0) is 16.0 Å². The highest BCUT2D eigenvalue weighted by Gasteiger charge is 2.08. The monoisotopic (exact) mass is 236 g/mol. The number of benzene rings is 1. The molecule has 0 radical (unpaired) electrons. The minimum absolute atomic E-state index is 0.138. The summed E-state index contributed by atoms with van der Waals surface area (Å²) in [6.45, 7) is 1.21. The van der Waals surface area contributed by atoms with Crippen LogP contribution in [0, 0.1) is 0 Å². The van der Waals surface area contributed by atoms with Gasteiger partial charge in [0.2, 0.25) is 5.91 Å². The lowest BCUT2D eigenvalue weighted by molar-refractivity contribution is -0.130. The van der Waals surface area contributed by atoms with E-state index in [1.165, 1.54) is 0 Å². The summed E-state index contributed by atoms with van der Waals surface area (Å²) in [6, 6.07) is 7.62. The van der Waals surface area contributed by atoms with Gasteiger partial charge in [-0.15, -0.1) is 0 Å². The number of nitrogens with two attached hydrogens (primary N) is 1. The standard InChI is InChI=1S/C13H20N2O2/c1-15(9-10-17-2)13(16)8-5-11-3-6-12(14)7-4-11/h3-4,6-7H,5,8-10,14H2,1-2H3. The number of carbonyl (C=O) groups excluding carboxylic acids is 1. The summed E-state index contributed by atoms with van der Waals surface area (Å²) in [5, 5.41) is 0. The number of aryl methyl sites for hydroxylation is 1. The van der Waals surface area contributed by atoms with E-state index >= 15 is 0 Å². The molecule has 1 aromatic carbocycles. The zero-order valence-corrected chi connectivity index (χ0v) is 10.5. The molecule has 0 aromatic heterocycles. The van der Waals surface area contributed by atoms with Crippen LogP contribution >= 0.6 is 0 Å². The van der Waals surface area contributed by atoms with Crippen molar-refractivity contribution in [2.45, 2.75) is 12.8 Å². The van der Waals surface area contributed by atoms with Gasteiger partial charge in [0, 0.05) is 32.8 Å². The van der Waals surface area contributed by atoms with Gasteiger partial charge in [0.25, 0.3) is 0 Å². The van der Waals surface area contributed by atoms with Gasteiger partial charge in [-0.3, -0.25) is 4.79 Å². The third-order valence-corrected chi connectivity index (χ3v) is 2.66. The molecule has 0 bridgehead atoms. The Morgan fingerprint density at radius 3 is 2.59 bits per heavy atom. The van der Waals surface area contributed by atoms with Crippen molar-refractivity contribution in [3.05, 3.63) is 29.8 Å². The van der Waals surface area contributed by atoms with Gasteiger partial charge in [0.05, 0.1) is 6.61 Å². The fourth-order valence-corrected chi connectivity index (χ4v) is 1.48. The molecular weight excluding hydrogens is 216 g/mol. The molecule has 17 heavy (non-hydrogen) atoms. The molecule has 1 aromatic rings. The normalized spacial score (nSPS) is 10.2. The Morgan fingerprint density at radius 1 is 1.35 bits per heavy atom. The van der Waals surface area contributed by atoms with E-state index in [2.05, 4.69) is 0 Å². The van der Waals surface area contributed by atoms with Gasteiger partial charge >= 0.3 is 0 Å². The van der Waals surface area contributed by atoms with Gasteiger partial charge < -0.3 is 15.4 Å². The summed E-state index contributed by atoms with van der Waals surface area (Å²) in [5.41, 5.74) is 7.48. The third kappa shape index (κ3) is 4.87. The van der Waals surface area contributed by atoms with Crippen LogP contribution in [0.2, 0.25) is 0 Å². The third-order valence-electron chi connectivity index (χ3n) is 2.66. The summed E-state index contributed by atoms with van der Waals surface area (Å²) in [5.74, 6) is 0.138. The fourth-order valence-electron chi connectivity index (χ4n) is 1.48. The Kier molecular flexibility index (Phi) is 5.49. The maximum atomic E-state index is 11.7. The quantitative estimate of drug-likeness (QED) is 0.758. The molecule has 0 aliphatic rings. The predicted molar refractivity (Wildman–Crippen MR) is 68.7 cm³/mol. The van der Waals surface area contributed by atoms with Crippen molar-refractivity contribution in [3.8, 4) is 0 Å². The first-order valence-corrected chi connectivity index (χ1v) is 5.71. The molecular formula is C13H20N2O2. The highest BCUT2D eigenvalue weighted by molar-refractivity contribution is 5.76. The molecule has 0 aliphatic carbocycles. The maximum absolute atomic E-state index is 11.7. The highest BCUT2D eigenvalue weighted by Crippen LogP contribution is 2.08. The minimum atomic E-state index is 0.138. The summed E-state index contributed by atoms with van der Waals surface area (Å²) < 4.78 is 4.93. The molecule has 0 saturated heterocycles. The van der Waals surface area contributed by atoms with E-state index in [9.17, 15) is 4.79 Å². The van der Waals surface area contributed by atoms with Crippen LogP contribution in [0.15, 0.2) is 24.3 Å². The zero-order valence-electron chi connectivity index (χ0n) is 10.5. The highest BCUT2D eigenvalue weighted by atomic mass is 16.5. The van der Waals surface area contributed by atoms with Crippen molar-refractivity contribution in [1.82, 2.24) is 4.90 Å². The van der Waals surface area contributed by atoms with Crippen molar-refractivity contribution >= 4 is 11.6 Å². The molecule has 0 unspecified atom stereocenters. The molecule has 1 rings (SSSR count). The fraction of sp³-hybridized carbons (Fsp3) is 0.462. The van der Waals surface area contributed by atoms with Gasteiger partial charge in [-0.05, 0) is 24.1 Å². The van der Waals surface area contributed by atoms with Crippen molar-refractivity contribution in [2.24, 2.45) is 0 Å². The van der Waals surface area contributed by atoms with Crippen molar-refractivity contribution in [1.29, 1.82) is 0 Å². The van der Waals surface area contributed by atoms with Crippen LogP contribution in [0.3, 0.4) is 0 Å². The number of methoxy groups -OCH3 is 1. The van der Waals surface area contributed by atoms with Gasteiger partial charge in [-0.25, -0.2) is 0 Å². The van der Waals surface area contributed by atoms with Crippen LogP contribution in [0.4, 0.5) is 5.69 Å². The summed E-state index contributed by atoms with van der Waals surface area (Å²) >= 11 is 0. The van der Waals surface area contributed by atoms with Crippen LogP contribution < -0.4 is 5.73 Å². The molecule has 4 heteroatoms. The first-order chi connectivity index (χ1) is 8.13. The number of amides is 1. The van der Waals surface area contributed by atoms with Gasteiger partial charge in [-0.2, -0.15) is 0 Å². The lowest BCUT2D eigenvalue weighted by atomic mass is 10.1. The molecule has 0 spiro atoms. The van der Waals surface area contributed by atoms with E-state index in [1.54, 1.807) is 19.1 Å². The van der Waals surface area contributed by atoms with Crippen molar-refractivity contribution in [2.75, 3.05) is 33.0 Å². The number of ether oxygens (including phenoxy) is 1. The summed E-state index contributed by atoms with van der Waals surface area (Å²) in [6.07, 6.45) is 1.26. The smallest absolute Gasteiger partial charge is 0.222 e. The Labute approximate surface area is 102 Å². The Hall–Kier alpha value is -1.55. The van der Waals surface area contributed by atoms with Gasteiger partial charge in [0.1, 0.15) is 0 Å². The number of hydrogen-bond acceptors (Lipinski definition) is 3. The molecule has 1 amide bonds. The van der Waals surface area contributed by atoms with E-state index in [-0.39, 0.29) is 5.91 Å². The minimum Gasteiger partial charge on any atom is -0.399 e. The second-order valence-electron chi connectivity index (χ2n) is 4.05. The molecule has 0 aliphatic heterocycles. The van der Waals surface area contributed by atoms with Crippen molar-refractivity contribution in [3.63, 3.8) is 0 Å². The largest absolute Gasteiger partial charge is 0.399 e. The molecule has 94 valence electrons. The number of nitrogen functional groups attached to an aromatic ring is 1. The van der Waals surface area contributed by atoms with Crippen LogP contribution in [0.5, 0.6) is 0 Å². The SMILES string of the molecule is COCCN(C)C(=O)CCc1ccc(N)cc1. The second-order valence-corrected chi connectivity index (χ2v) is 4.05. The Balaban J connectivity index is 2.34. The summed E-state index contributed by atoms with van der Waals surface area (Å²) in [4.78, 5) is 13.4. The zero-order chi connectivity index (χ0) is 12.7. The Bertz CT molecular complexity index is 349. The first-order valence-electron chi connectivity index (χ1n) is 5.71. The lowest BCUT2D eigenvalue weighted by Gasteiger charge is -2.16. The molecule has 0 fully saturated rings. The number of carbonyl (C=O) groups is 1. The second kappa shape index (κ2) is 6.91. The van der Waals surface area contributed by atoms with E-state index in [4.69, 9.17) is 10.5 Å². The summed E-state index contributed by atoms with van der Waals surface area (Å²) in [7, 11) is 3.43.